The van der Waals surface area contributed by atoms with E-state index in [1.54, 1.807) is 6.92 Å². The van der Waals surface area contributed by atoms with Gasteiger partial charge in [0.1, 0.15) is 24.1 Å². The Kier molecular flexibility index (Phi) is 3.24. The van der Waals surface area contributed by atoms with Gasteiger partial charge in [0.05, 0.1) is 12.2 Å². The summed E-state index contributed by atoms with van der Waals surface area (Å²) in [5.74, 6) is -3.25. The Morgan fingerprint density at radius 1 is 1.18 bits per heavy atom. The molecular weight excluding hydrogens is 372 g/mol. The highest BCUT2D eigenvalue weighted by molar-refractivity contribution is 6.10. The largest absolute Gasteiger partial charge is 0.508 e. The predicted molar refractivity (Wildman–Crippen MR) is 89.4 cm³/mol. The van der Waals surface area contributed by atoms with Crippen molar-refractivity contribution in [1.82, 2.24) is 0 Å². The molecule has 2 saturated heterocycles. The van der Waals surface area contributed by atoms with Gasteiger partial charge in [-0.05, 0) is 13.0 Å². The SMILES string of the molecule is C[C@@H]1[C@@H](O)[C@@]23O[C@@]2([C@@H](O)c2c(O)cccc2C3=O)[C@@H](O)[C@]1(O)C(=O)[C@H]1O[C@@H]1C. The number of carbonyl (C=O) groups is 2. The molecule has 1 saturated carbocycles. The molecule has 0 bridgehead atoms. The van der Waals surface area contributed by atoms with E-state index in [2.05, 4.69) is 0 Å². The number of aromatic hydroxyl groups is 1. The highest BCUT2D eigenvalue weighted by atomic mass is 16.7. The number of ether oxygens (including phenoxy) is 2. The van der Waals surface area contributed by atoms with Crippen LogP contribution in [0.4, 0.5) is 0 Å². The summed E-state index contributed by atoms with van der Waals surface area (Å²) in [6, 6.07) is 4.04. The standard InChI is InChI=1S/C19H20O9/c1-6-12(21)18-13(22)8-4-3-5-9(20)10(8)14(23)19(18,28-18)16(25)17(6,26)15(24)11-7(2)27-11/h3-7,11-12,14,16,20-21,23,25-26H,1-2H3/t6-,7-,11+,12-,14+,16+,17-,18+,19+/m1/s1. The fraction of sp³-hybridized carbons (Fsp3) is 0.579. The third kappa shape index (κ3) is 1.62. The Bertz CT molecular complexity index is 930. The van der Waals surface area contributed by atoms with Gasteiger partial charge in [0.25, 0.3) is 0 Å². The van der Waals surface area contributed by atoms with E-state index in [4.69, 9.17) is 9.47 Å². The molecule has 2 aliphatic heterocycles. The van der Waals surface area contributed by atoms with Gasteiger partial charge in [0.15, 0.2) is 22.6 Å². The maximum Gasteiger partial charge on any atom is 0.201 e. The van der Waals surface area contributed by atoms with Crippen molar-refractivity contribution < 1.29 is 44.6 Å². The summed E-state index contributed by atoms with van der Waals surface area (Å²) in [5.41, 5.74) is -6.92. The second kappa shape index (κ2) is 4.99. The zero-order valence-electron chi connectivity index (χ0n) is 15.1. The van der Waals surface area contributed by atoms with Gasteiger partial charge < -0.3 is 35.0 Å². The highest BCUT2D eigenvalue weighted by Crippen LogP contribution is 2.70. The smallest absolute Gasteiger partial charge is 0.201 e. The van der Waals surface area contributed by atoms with E-state index in [-0.39, 0.29) is 11.1 Å². The topological polar surface area (TPSA) is 160 Å². The Balaban J connectivity index is 1.70. The molecule has 9 nitrogen and oxygen atoms in total. The number of rotatable bonds is 2. The molecule has 0 aromatic heterocycles. The maximum absolute atomic E-state index is 13.2. The van der Waals surface area contributed by atoms with Crippen LogP contribution < -0.4 is 0 Å². The van der Waals surface area contributed by atoms with Crippen molar-refractivity contribution in [2.24, 2.45) is 5.92 Å². The van der Waals surface area contributed by atoms with Crippen molar-refractivity contribution in [1.29, 1.82) is 0 Å². The molecule has 0 radical (unpaired) electrons. The lowest BCUT2D eigenvalue weighted by Gasteiger charge is -2.49. The highest BCUT2D eigenvalue weighted by Gasteiger charge is 2.92. The summed E-state index contributed by atoms with van der Waals surface area (Å²) in [4.78, 5) is 26.1. The zero-order chi connectivity index (χ0) is 20.4. The van der Waals surface area contributed by atoms with Gasteiger partial charge in [0.2, 0.25) is 5.78 Å². The summed E-state index contributed by atoms with van der Waals surface area (Å²) < 4.78 is 10.7. The molecule has 0 unspecified atom stereocenters. The van der Waals surface area contributed by atoms with E-state index in [0.717, 1.165) is 0 Å². The fourth-order valence-electron chi connectivity index (χ4n) is 5.23. The van der Waals surface area contributed by atoms with Crippen molar-refractivity contribution in [2.75, 3.05) is 0 Å². The first kappa shape index (κ1) is 18.2. The molecule has 0 amide bonds. The number of hydrogen-bond donors (Lipinski definition) is 5. The summed E-state index contributed by atoms with van der Waals surface area (Å²) in [7, 11) is 0. The van der Waals surface area contributed by atoms with E-state index in [9.17, 15) is 35.1 Å². The van der Waals surface area contributed by atoms with Crippen LogP contribution in [0.1, 0.15) is 35.9 Å². The first-order valence-electron chi connectivity index (χ1n) is 9.10. The predicted octanol–water partition coefficient (Wildman–Crippen LogP) is -1.41. The summed E-state index contributed by atoms with van der Waals surface area (Å²) in [6.07, 6.45) is -6.89. The van der Waals surface area contributed by atoms with Gasteiger partial charge in [-0.25, -0.2) is 0 Å². The summed E-state index contributed by atoms with van der Waals surface area (Å²) >= 11 is 0. The Morgan fingerprint density at radius 2 is 1.82 bits per heavy atom. The second-order valence-electron chi connectivity index (χ2n) is 8.19. The minimum Gasteiger partial charge on any atom is -0.508 e. The third-order valence-electron chi connectivity index (χ3n) is 6.98. The number of phenolic OH excluding ortho intramolecular Hbond substituents is 1. The van der Waals surface area contributed by atoms with Crippen molar-refractivity contribution >= 4 is 11.6 Å². The van der Waals surface area contributed by atoms with Crippen LogP contribution in [0.25, 0.3) is 0 Å². The number of Topliss-reactive ketones (excluding diaryl/α,β-unsaturated/α-hetero) is 2. The Morgan fingerprint density at radius 3 is 2.43 bits per heavy atom. The minimum absolute atomic E-state index is 0.0463. The number of carbonyl (C=O) groups excluding carboxylic acids is 2. The van der Waals surface area contributed by atoms with Gasteiger partial charge >= 0.3 is 0 Å². The Hall–Kier alpha value is -1.88. The molecule has 2 aliphatic carbocycles. The van der Waals surface area contributed by atoms with Crippen LogP contribution in [0.3, 0.4) is 0 Å². The lowest BCUT2D eigenvalue weighted by Crippen LogP contribution is -2.74. The number of ketones is 2. The molecule has 1 aromatic rings. The van der Waals surface area contributed by atoms with Crippen molar-refractivity contribution in [3.05, 3.63) is 29.3 Å². The number of aliphatic hydroxyl groups is 4. The lowest BCUT2D eigenvalue weighted by atomic mass is 9.55. The molecule has 150 valence electrons. The van der Waals surface area contributed by atoms with Gasteiger partial charge in [-0.2, -0.15) is 0 Å². The van der Waals surface area contributed by atoms with E-state index >= 15 is 0 Å². The molecule has 28 heavy (non-hydrogen) atoms. The molecule has 5 rings (SSSR count). The number of benzene rings is 1. The summed E-state index contributed by atoms with van der Waals surface area (Å²) in [6.45, 7) is 2.95. The van der Waals surface area contributed by atoms with Crippen LogP contribution in [0.15, 0.2) is 18.2 Å². The van der Waals surface area contributed by atoms with Crippen molar-refractivity contribution in [2.45, 2.75) is 61.2 Å². The van der Waals surface area contributed by atoms with Crippen LogP contribution >= 0.6 is 0 Å². The number of aliphatic hydroxyl groups excluding tert-OH is 3. The molecular formula is C19H20O9. The molecule has 9 heteroatoms. The van der Waals surface area contributed by atoms with Crippen molar-refractivity contribution in [3.8, 4) is 5.75 Å². The molecule has 1 aromatic carbocycles. The lowest BCUT2D eigenvalue weighted by molar-refractivity contribution is -0.198. The second-order valence-corrected chi connectivity index (χ2v) is 8.19. The van der Waals surface area contributed by atoms with Crippen LogP contribution in [0, 0.1) is 5.92 Å². The van der Waals surface area contributed by atoms with Gasteiger partial charge in [-0.15, -0.1) is 0 Å². The third-order valence-corrected chi connectivity index (χ3v) is 6.98. The minimum atomic E-state index is -2.52. The van der Waals surface area contributed by atoms with Crippen molar-refractivity contribution in [3.63, 3.8) is 0 Å². The monoisotopic (exact) mass is 392 g/mol. The van der Waals surface area contributed by atoms with E-state index in [1.807, 2.05) is 0 Å². The maximum atomic E-state index is 13.2. The number of hydrogen-bond acceptors (Lipinski definition) is 9. The quantitative estimate of drug-likeness (QED) is 0.381. The molecule has 9 atom stereocenters. The van der Waals surface area contributed by atoms with E-state index in [0.29, 0.717) is 0 Å². The number of fused-ring (bicyclic) bond motifs is 1. The molecule has 0 spiro atoms. The van der Waals surface area contributed by atoms with Crippen LogP contribution in [0.5, 0.6) is 5.75 Å². The zero-order valence-corrected chi connectivity index (χ0v) is 15.1. The number of epoxide rings is 2. The fourth-order valence-corrected chi connectivity index (χ4v) is 5.23. The molecule has 5 N–H and O–H groups in total. The molecule has 4 aliphatic rings. The van der Waals surface area contributed by atoms with Crippen LogP contribution in [-0.2, 0) is 14.3 Å². The first-order valence-corrected chi connectivity index (χ1v) is 9.10. The average Bonchev–Trinajstić information content (AvgIpc) is 3.57. The van der Waals surface area contributed by atoms with Crippen LogP contribution in [0.2, 0.25) is 0 Å². The average molecular weight is 392 g/mol. The summed E-state index contributed by atoms with van der Waals surface area (Å²) in [5, 5.41) is 54.4. The molecule has 3 fully saturated rings. The van der Waals surface area contributed by atoms with Crippen LogP contribution in [-0.4, -0.2) is 78.3 Å². The Labute approximate surface area is 159 Å². The van der Waals surface area contributed by atoms with Gasteiger partial charge in [-0.3, -0.25) is 9.59 Å². The first-order chi connectivity index (χ1) is 13.1. The number of phenols is 1. The van der Waals surface area contributed by atoms with Gasteiger partial charge in [0, 0.05) is 17.0 Å². The normalized spacial score (nSPS) is 51.0. The van der Waals surface area contributed by atoms with E-state index in [1.165, 1.54) is 25.1 Å². The van der Waals surface area contributed by atoms with Gasteiger partial charge in [-0.1, -0.05) is 19.1 Å². The van der Waals surface area contributed by atoms with E-state index < -0.39 is 70.6 Å². The molecule has 2 heterocycles.